The number of amides is 1. The van der Waals surface area contributed by atoms with Crippen molar-refractivity contribution in [1.29, 1.82) is 0 Å². The van der Waals surface area contributed by atoms with Gasteiger partial charge in [0.05, 0.1) is 5.69 Å². The van der Waals surface area contributed by atoms with Gasteiger partial charge in [0.25, 0.3) is 0 Å². The molecular weight excluding hydrogens is 453 g/mol. The minimum atomic E-state index is -0.533. The molecule has 0 unspecified atom stereocenters. The molecule has 0 aliphatic heterocycles. The molecule has 2 heterocycles. The maximum atomic E-state index is 13.9. The van der Waals surface area contributed by atoms with E-state index in [2.05, 4.69) is 21.2 Å². The van der Waals surface area contributed by atoms with Crippen LogP contribution in [0.4, 0.5) is 10.1 Å². The zero-order valence-corrected chi connectivity index (χ0v) is 18.3. The first-order chi connectivity index (χ1) is 14.2. The second-order valence-corrected chi connectivity index (χ2v) is 8.21. The monoisotopic (exact) mass is 471 g/mol. The Morgan fingerprint density at radius 3 is 2.47 bits per heavy atom. The van der Waals surface area contributed by atoms with Crippen LogP contribution in [0, 0.1) is 26.6 Å². The zero-order chi connectivity index (χ0) is 21.6. The molecule has 0 radical (unpaired) electrons. The highest BCUT2D eigenvalue weighted by molar-refractivity contribution is 9.10. The summed E-state index contributed by atoms with van der Waals surface area (Å²) in [5, 5.41) is 4.31. The van der Waals surface area contributed by atoms with E-state index in [1.807, 2.05) is 26.8 Å². The maximum absolute atomic E-state index is 13.9. The summed E-state index contributed by atoms with van der Waals surface area (Å²) >= 11 is 3.18. The van der Waals surface area contributed by atoms with Gasteiger partial charge < -0.3 is 14.2 Å². The SMILES string of the molecule is Cc1oc2cc3oc(=O)c(CCC(=O)Nc4ccc(Br)cc4F)c(C)c3cc2c1C. The predicted molar refractivity (Wildman–Crippen MR) is 118 cm³/mol. The van der Waals surface area contributed by atoms with Crippen molar-refractivity contribution in [2.75, 3.05) is 5.32 Å². The first-order valence-electron chi connectivity index (χ1n) is 9.45. The number of aryl methyl sites for hydroxylation is 3. The average Bonchev–Trinajstić information content (AvgIpc) is 2.96. The van der Waals surface area contributed by atoms with E-state index in [4.69, 9.17) is 8.83 Å². The quantitative estimate of drug-likeness (QED) is 0.374. The fourth-order valence-corrected chi connectivity index (χ4v) is 3.89. The molecule has 0 saturated carbocycles. The third-order valence-electron chi connectivity index (χ3n) is 5.39. The molecule has 0 fully saturated rings. The molecule has 0 saturated heterocycles. The molecule has 1 amide bonds. The number of benzene rings is 2. The molecule has 2 aromatic carbocycles. The number of rotatable bonds is 4. The second kappa shape index (κ2) is 7.72. The lowest BCUT2D eigenvalue weighted by Crippen LogP contribution is -2.17. The second-order valence-electron chi connectivity index (χ2n) is 7.29. The average molecular weight is 472 g/mol. The van der Waals surface area contributed by atoms with Crippen LogP contribution in [0.25, 0.3) is 21.9 Å². The van der Waals surface area contributed by atoms with Gasteiger partial charge in [-0.2, -0.15) is 0 Å². The molecular formula is C23H19BrFNO4. The van der Waals surface area contributed by atoms with Crippen molar-refractivity contribution < 1.29 is 18.0 Å². The number of furan rings is 1. The van der Waals surface area contributed by atoms with E-state index in [1.54, 1.807) is 12.1 Å². The van der Waals surface area contributed by atoms with E-state index in [1.165, 1.54) is 12.1 Å². The summed E-state index contributed by atoms with van der Waals surface area (Å²) in [7, 11) is 0. The Balaban J connectivity index is 1.62. The Labute approximate surface area is 180 Å². The lowest BCUT2D eigenvalue weighted by Gasteiger charge is -2.09. The number of fused-ring (bicyclic) bond motifs is 2. The molecule has 30 heavy (non-hydrogen) atoms. The molecule has 0 aliphatic carbocycles. The summed E-state index contributed by atoms with van der Waals surface area (Å²) in [5.74, 6) is -0.0989. The standard InChI is InChI=1S/C23H19BrFNO4/c1-11-13(3)29-20-10-21-17(9-16(11)20)12(2)15(23(28)30-21)5-7-22(27)26-19-6-4-14(24)8-18(19)25/h4,6,8-10H,5,7H2,1-3H3,(H,26,27). The van der Waals surface area contributed by atoms with E-state index in [-0.39, 0.29) is 24.4 Å². The van der Waals surface area contributed by atoms with E-state index < -0.39 is 11.4 Å². The van der Waals surface area contributed by atoms with Crippen LogP contribution in [-0.4, -0.2) is 5.91 Å². The molecule has 0 aliphatic rings. The number of halogens is 2. The summed E-state index contributed by atoms with van der Waals surface area (Å²) < 4.78 is 25.7. The summed E-state index contributed by atoms with van der Waals surface area (Å²) in [6.07, 6.45) is 0.216. The normalized spacial score (nSPS) is 11.4. The molecule has 4 rings (SSSR count). The van der Waals surface area contributed by atoms with Gasteiger partial charge in [-0.3, -0.25) is 4.79 Å². The van der Waals surface area contributed by atoms with Gasteiger partial charge in [0, 0.05) is 33.3 Å². The van der Waals surface area contributed by atoms with Gasteiger partial charge in [-0.05, 0) is 62.6 Å². The van der Waals surface area contributed by atoms with Gasteiger partial charge in [-0.15, -0.1) is 0 Å². The van der Waals surface area contributed by atoms with Crippen molar-refractivity contribution in [3.05, 3.63) is 73.5 Å². The lowest BCUT2D eigenvalue weighted by molar-refractivity contribution is -0.116. The van der Waals surface area contributed by atoms with E-state index in [9.17, 15) is 14.0 Å². The van der Waals surface area contributed by atoms with Crippen molar-refractivity contribution in [2.45, 2.75) is 33.6 Å². The number of hydrogen-bond acceptors (Lipinski definition) is 4. The topological polar surface area (TPSA) is 72.5 Å². The highest BCUT2D eigenvalue weighted by atomic mass is 79.9. The Kier molecular flexibility index (Phi) is 5.24. The first-order valence-corrected chi connectivity index (χ1v) is 10.2. The first kappa shape index (κ1) is 20.3. The molecule has 0 spiro atoms. The zero-order valence-electron chi connectivity index (χ0n) is 16.7. The third-order valence-corrected chi connectivity index (χ3v) is 5.88. The number of carbonyl (C=O) groups excluding carboxylic acids is 1. The van der Waals surface area contributed by atoms with Gasteiger partial charge in [-0.25, -0.2) is 9.18 Å². The third kappa shape index (κ3) is 3.65. The molecule has 7 heteroatoms. The predicted octanol–water partition coefficient (Wildman–Crippen LogP) is 5.94. The van der Waals surface area contributed by atoms with Crippen molar-refractivity contribution in [3.63, 3.8) is 0 Å². The van der Waals surface area contributed by atoms with Crippen LogP contribution in [0.3, 0.4) is 0 Å². The molecule has 154 valence electrons. The number of carbonyl (C=O) groups is 1. The van der Waals surface area contributed by atoms with Gasteiger partial charge >= 0.3 is 5.63 Å². The van der Waals surface area contributed by atoms with Gasteiger partial charge in [0.2, 0.25) is 5.91 Å². The Bertz CT molecular complexity index is 1370. The fourth-order valence-electron chi connectivity index (χ4n) is 3.56. The molecule has 0 atom stereocenters. The summed E-state index contributed by atoms with van der Waals surface area (Å²) in [6.45, 7) is 5.71. The van der Waals surface area contributed by atoms with Crippen molar-refractivity contribution >= 4 is 49.5 Å². The van der Waals surface area contributed by atoms with Gasteiger partial charge in [0.1, 0.15) is 22.7 Å². The smallest absolute Gasteiger partial charge is 0.339 e. The highest BCUT2D eigenvalue weighted by Gasteiger charge is 2.17. The minimum absolute atomic E-state index is 0.0265. The van der Waals surface area contributed by atoms with Crippen LogP contribution in [0.5, 0.6) is 0 Å². The number of hydrogen-bond donors (Lipinski definition) is 1. The molecule has 0 bridgehead atoms. The van der Waals surface area contributed by atoms with Crippen LogP contribution in [0.15, 0.2) is 48.4 Å². The van der Waals surface area contributed by atoms with Crippen molar-refractivity contribution in [2.24, 2.45) is 0 Å². The minimum Gasteiger partial charge on any atom is -0.461 e. The van der Waals surface area contributed by atoms with E-state index in [0.29, 0.717) is 21.2 Å². The summed E-state index contributed by atoms with van der Waals surface area (Å²) in [5.41, 5.74) is 2.97. The maximum Gasteiger partial charge on any atom is 0.339 e. The molecule has 5 nitrogen and oxygen atoms in total. The Hall–Kier alpha value is -2.93. The van der Waals surface area contributed by atoms with Crippen LogP contribution in [0.2, 0.25) is 0 Å². The van der Waals surface area contributed by atoms with E-state index in [0.717, 1.165) is 27.7 Å². The summed E-state index contributed by atoms with van der Waals surface area (Å²) in [6, 6.07) is 8.08. The van der Waals surface area contributed by atoms with Gasteiger partial charge in [-0.1, -0.05) is 15.9 Å². The largest absolute Gasteiger partial charge is 0.461 e. The van der Waals surface area contributed by atoms with Crippen molar-refractivity contribution in [3.8, 4) is 0 Å². The fraction of sp³-hybridized carbons (Fsp3) is 0.217. The number of nitrogens with one attached hydrogen (secondary N) is 1. The van der Waals surface area contributed by atoms with Crippen LogP contribution < -0.4 is 10.9 Å². The molecule has 1 N–H and O–H groups in total. The Morgan fingerprint density at radius 1 is 1.03 bits per heavy atom. The highest BCUT2D eigenvalue weighted by Crippen LogP contribution is 2.31. The van der Waals surface area contributed by atoms with Crippen LogP contribution in [0.1, 0.15) is 28.9 Å². The van der Waals surface area contributed by atoms with Gasteiger partial charge in [0.15, 0.2) is 0 Å². The van der Waals surface area contributed by atoms with Crippen molar-refractivity contribution in [1.82, 2.24) is 0 Å². The molecule has 2 aromatic heterocycles. The number of anilines is 1. The summed E-state index contributed by atoms with van der Waals surface area (Å²) in [4.78, 5) is 24.8. The van der Waals surface area contributed by atoms with E-state index >= 15 is 0 Å². The lowest BCUT2D eigenvalue weighted by atomic mass is 10.0. The van der Waals surface area contributed by atoms with Crippen LogP contribution >= 0.6 is 15.9 Å². The van der Waals surface area contributed by atoms with Crippen LogP contribution in [-0.2, 0) is 11.2 Å². The molecule has 4 aromatic rings. The Morgan fingerprint density at radius 2 is 1.73 bits per heavy atom.